The zero-order valence-electron chi connectivity index (χ0n) is 23.7. The first-order valence-corrected chi connectivity index (χ1v) is 13.6. The topological polar surface area (TPSA) is 131 Å². The number of carbonyl (C=O) groups excluding carboxylic acids is 3. The Morgan fingerprint density at radius 2 is 1.67 bits per heavy atom. The number of carbonyl (C=O) groups is 3. The van der Waals surface area contributed by atoms with Crippen LogP contribution in [0.4, 0.5) is 23.7 Å². The van der Waals surface area contributed by atoms with Crippen LogP contribution in [0, 0.1) is 33.0 Å². The lowest BCUT2D eigenvalue weighted by atomic mass is 9.63. The molecule has 2 saturated heterocycles. The van der Waals surface area contributed by atoms with Gasteiger partial charge in [0.05, 0.1) is 11.0 Å². The van der Waals surface area contributed by atoms with Crippen molar-refractivity contribution in [3.8, 4) is 0 Å². The van der Waals surface area contributed by atoms with Crippen LogP contribution in [0.5, 0.6) is 0 Å². The van der Waals surface area contributed by atoms with Gasteiger partial charge in [0, 0.05) is 35.7 Å². The molecule has 0 aromatic heterocycles. The number of nitro benzene ring substituents is 1. The third-order valence-corrected chi connectivity index (χ3v) is 7.84. The van der Waals surface area contributed by atoms with Crippen molar-refractivity contribution in [1.29, 1.82) is 0 Å². The number of halogens is 3. The van der Waals surface area contributed by atoms with Crippen LogP contribution >= 0.6 is 0 Å². The van der Waals surface area contributed by atoms with Crippen LogP contribution in [-0.2, 0) is 9.53 Å². The Bertz CT molecular complexity index is 1400. The minimum Gasteiger partial charge on any atom is -0.444 e. The molecule has 2 aliphatic heterocycles. The van der Waals surface area contributed by atoms with Crippen LogP contribution in [0.1, 0.15) is 75.3 Å². The van der Waals surface area contributed by atoms with Gasteiger partial charge in [-0.15, -0.1) is 0 Å². The van der Waals surface area contributed by atoms with E-state index in [1.54, 1.807) is 20.8 Å². The average Bonchev–Trinajstić information content (AvgIpc) is 2.90. The van der Waals surface area contributed by atoms with Crippen LogP contribution in [0.3, 0.4) is 0 Å². The predicted molar refractivity (Wildman–Crippen MR) is 145 cm³/mol. The molecule has 1 unspecified atom stereocenters. The Hall–Kier alpha value is -4.16. The monoisotopic (exact) mass is 590 g/mol. The third-order valence-electron chi connectivity index (χ3n) is 7.84. The summed E-state index contributed by atoms with van der Waals surface area (Å²) in [4.78, 5) is 52.7. The minimum absolute atomic E-state index is 0.00386. The predicted octanol–water partition coefficient (Wildman–Crippen LogP) is 5.17. The van der Waals surface area contributed by atoms with E-state index in [0.717, 1.165) is 18.2 Å². The van der Waals surface area contributed by atoms with Crippen LogP contribution in [-0.4, -0.2) is 52.0 Å². The van der Waals surface area contributed by atoms with Gasteiger partial charge in [-0.3, -0.25) is 19.7 Å². The molecule has 0 spiro atoms. The molecule has 13 heteroatoms. The van der Waals surface area contributed by atoms with Crippen molar-refractivity contribution in [3.05, 3.63) is 75.1 Å². The van der Waals surface area contributed by atoms with Crippen molar-refractivity contribution >= 4 is 23.6 Å². The fraction of sp³-hybridized carbons (Fsp3) is 0.483. The van der Waals surface area contributed by atoms with E-state index in [-0.39, 0.29) is 18.2 Å². The summed E-state index contributed by atoms with van der Waals surface area (Å²) in [6.07, 6.45) is 1.26. The number of hydrogen-bond donors (Lipinski definition) is 2. The van der Waals surface area contributed by atoms with E-state index in [1.807, 2.05) is 0 Å². The molecule has 1 aliphatic carbocycles. The smallest absolute Gasteiger partial charge is 0.410 e. The molecular weight excluding hydrogens is 557 g/mol. The van der Waals surface area contributed by atoms with Gasteiger partial charge in [0.15, 0.2) is 0 Å². The zero-order chi connectivity index (χ0) is 31.0. The van der Waals surface area contributed by atoms with Crippen LogP contribution < -0.4 is 10.6 Å². The van der Waals surface area contributed by atoms with Gasteiger partial charge in [0.25, 0.3) is 11.6 Å². The number of benzene rings is 2. The number of amides is 3. The molecule has 3 amide bonds. The SMILES string of the molecule is C[C@H](NC(=O)C(NC(=O)c1cc(F)ccc1[N+](=O)[O-])C12CCC(CC1)N(C(=O)OC(C)(C)C)C2)c1ccc(F)cc1F. The zero-order valence-corrected chi connectivity index (χ0v) is 23.7. The van der Waals surface area contributed by atoms with Crippen molar-refractivity contribution in [1.82, 2.24) is 15.5 Å². The summed E-state index contributed by atoms with van der Waals surface area (Å²) in [6.45, 7) is 6.69. The Morgan fingerprint density at radius 3 is 2.26 bits per heavy atom. The van der Waals surface area contributed by atoms with Gasteiger partial charge in [0.2, 0.25) is 5.91 Å². The van der Waals surface area contributed by atoms with E-state index in [4.69, 9.17) is 4.74 Å². The first-order chi connectivity index (χ1) is 19.6. The first kappa shape index (κ1) is 30.8. The van der Waals surface area contributed by atoms with E-state index >= 15 is 0 Å². The summed E-state index contributed by atoms with van der Waals surface area (Å²) in [5.41, 5.74) is -3.04. The molecule has 1 saturated carbocycles. The second-order valence-corrected chi connectivity index (χ2v) is 11.9. The van der Waals surface area contributed by atoms with E-state index in [2.05, 4.69) is 10.6 Å². The Labute approximate surface area is 240 Å². The summed E-state index contributed by atoms with van der Waals surface area (Å²) >= 11 is 0. The number of fused-ring (bicyclic) bond motifs is 3. The molecule has 2 bridgehead atoms. The molecule has 10 nitrogen and oxygen atoms in total. The number of nitro groups is 1. The number of nitrogens with zero attached hydrogens (tertiary/aromatic N) is 2. The highest BCUT2D eigenvalue weighted by atomic mass is 19.1. The van der Waals surface area contributed by atoms with Crippen molar-refractivity contribution in [3.63, 3.8) is 0 Å². The van der Waals surface area contributed by atoms with Gasteiger partial charge in [0.1, 0.15) is 34.7 Å². The molecule has 2 atom stereocenters. The van der Waals surface area contributed by atoms with Crippen molar-refractivity contribution in [2.75, 3.05) is 6.54 Å². The Kier molecular flexibility index (Phi) is 8.51. The fourth-order valence-corrected chi connectivity index (χ4v) is 5.81. The Morgan fingerprint density at radius 1 is 1.05 bits per heavy atom. The van der Waals surface area contributed by atoms with E-state index < -0.39 is 74.6 Å². The van der Waals surface area contributed by atoms with Gasteiger partial charge in [-0.25, -0.2) is 18.0 Å². The minimum atomic E-state index is -1.36. The van der Waals surface area contributed by atoms with E-state index in [1.165, 1.54) is 17.9 Å². The fourth-order valence-electron chi connectivity index (χ4n) is 5.81. The standard InChI is InChI=1S/C29H33F3N4O6/c1-16(20-7-5-18(31)14-22(20)32)33-26(38)24(34-25(37)21-13-17(30)6-8-23(21)36(40)41)29-11-9-19(10-12-29)35(15-29)27(39)42-28(2,3)4/h5-8,13-14,16,19,24H,9-12,15H2,1-4H3,(H,33,38)(H,34,37)/t16-,19?,24?,29?/m0/s1. The molecular formula is C29H33F3N4O6. The van der Waals surface area contributed by atoms with Crippen LogP contribution in [0.25, 0.3) is 0 Å². The van der Waals surface area contributed by atoms with E-state index in [0.29, 0.717) is 37.8 Å². The maximum atomic E-state index is 14.5. The molecule has 226 valence electrons. The highest BCUT2D eigenvalue weighted by Crippen LogP contribution is 2.47. The summed E-state index contributed by atoms with van der Waals surface area (Å²) in [5.74, 6) is -4.38. The van der Waals surface area contributed by atoms with Crippen LogP contribution in [0.15, 0.2) is 36.4 Å². The molecule has 2 N–H and O–H groups in total. The molecule has 2 heterocycles. The van der Waals surface area contributed by atoms with Gasteiger partial charge in [-0.2, -0.15) is 0 Å². The normalized spacial score (nSPS) is 21.3. The largest absolute Gasteiger partial charge is 0.444 e. The number of ether oxygens (including phenoxy) is 1. The number of nitrogens with one attached hydrogen (secondary N) is 2. The maximum absolute atomic E-state index is 14.5. The second-order valence-electron chi connectivity index (χ2n) is 11.9. The average molecular weight is 591 g/mol. The lowest BCUT2D eigenvalue weighted by molar-refractivity contribution is -0.385. The second kappa shape index (κ2) is 11.6. The molecule has 0 radical (unpaired) electrons. The van der Waals surface area contributed by atoms with Crippen LogP contribution in [0.2, 0.25) is 0 Å². The van der Waals surface area contributed by atoms with Gasteiger partial charge in [-0.05, 0) is 71.6 Å². The molecule has 3 fully saturated rings. The van der Waals surface area contributed by atoms with Crippen molar-refractivity contribution < 1.29 is 37.2 Å². The molecule has 3 aliphatic rings. The lowest BCUT2D eigenvalue weighted by Gasteiger charge is -2.55. The Balaban J connectivity index is 1.69. The summed E-state index contributed by atoms with van der Waals surface area (Å²) in [7, 11) is 0. The molecule has 5 rings (SSSR count). The highest BCUT2D eigenvalue weighted by Gasteiger charge is 2.54. The number of rotatable bonds is 7. The summed E-state index contributed by atoms with van der Waals surface area (Å²) in [5, 5.41) is 16.8. The van der Waals surface area contributed by atoms with Crippen molar-refractivity contribution in [2.45, 2.75) is 77.1 Å². The first-order valence-electron chi connectivity index (χ1n) is 13.6. The number of hydrogen-bond acceptors (Lipinski definition) is 6. The van der Waals surface area contributed by atoms with E-state index in [9.17, 15) is 37.7 Å². The molecule has 2 aromatic carbocycles. The maximum Gasteiger partial charge on any atom is 0.410 e. The van der Waals surface area contributed by atoms with Gasteiger partial charge in [-0.1, -0.05) is 6.07 Å². The van der Waals surface area contributed by atoms with Crippen molar-refractivity contribution in [2.24, 2.45) is 5.41 Å². The summed E-state index contributed by atoms with van der Waals surface area (Å²) < 4.78 is 47.6. The molecule has 2 aromatic rings. The highest BCUT2D eigenvalue weighted by molar-refractivity contribution is 6.01. The van der Waals surface area contributed by atoms with Gasteiger partial charge < -0.3 is 20.3 Å². The quantitative estimate of drug-likeness (QED) is 0.338. The molecule has 42 heavy (non-hydrogen) atoms. The van der Waals surface area contributed by atoms with Gasteiger partial charge >= 0.3 is 6.09 Å². The third kappa shape index (κ3) is 6.50. The summed E-state index contributed by atoms with van der Waals surface area (Å²) in [6, 6.07) is 2.87. The number of piperidine rings is 2. The lowest BCUT2D eigenvalue weighted by Crippen LogP contribution is -2.66.